The van der Waals surface area contributed by atoms with Crippen molar-refractivity contribution in [2.45, 2.75) is 20.3 Å². The zero-order valence-corrected chi connectivity index (χ0v) is 7.50. The highest BCUT2D eigenvalue weighted by Gasteiger charge is 1.99. The Morgan fingerprint density at radius 3 is 2.83 bits per heavy atom. The molecule has 0 atom stereocenters. The lowest BCUT2D eigenvalue weighted by Gasteiger charge is -2.06. The van der Waals surface area contributed by atoms with E-state index in [0.29, 0.717) is 5.82 Å². The van der Waals surface area contributed by atoms with Gasteiger partial charge >= 0.3 is 0 Å². The number of nitrogen functional groups attached to an aromatic ring is 1. The van der Waals surface area contributed by atoms with Crippen molar-refractivity contribution in [3.05, 3.63) is 17.8 Å². The maximum Gasteiger partial charge on any atom is 0.140 e. The number of pyridine rings is 1. The normalized spacial score (nSPS) is 9.83. The summed E-state index contributed by atoms with van der Waals surface area (Å²) in [5.74, 6) is 1.36. The number of hydrogen-bond acceptors (Lipinski definition) is 3. The Bertz CT molecular complexity index is 261. The molecule has 1 rings (SSSR count). The monoisotopic (exact) mass is 166 g/mol. The van der Waals surface area contributed by atoms with E-state index < -0.39 is 0 Å². The molecule has 1 aromatic heterocycles. The minimum absolute atomic E-state index is 0.538. The second-order valence-electron chi connectivity index (χ2n) is 2.67. The molecule has 0 aromatic carbocycles. The Morgan fingerprint density at radius 1 is 1.50 bits per heavy atom. The van der Waals surface area contributed by atoms with E-state index in [9.17, 15) is 0 Å². The van der Waals surface area contributed by atoms with Crippen molar-refractivity contribution in [1.29, 1.82) is 0 Å². The summed E-state index contributed by atoms with van der Waals surface area (Å²) < 4.78 is 5.42. The van der Waals surface area contributed by atoms with Crippen LogP contribution in [-0.4, -0.2) is 11.6 Å². The van der Waals surface area contributed by atoms with Crippen molar-refractivity contribution in [1.82, 2.24) is 4.98 Å². The Labute approximate surface area is 72.6 Å². The number of aromatic nitrogens is 1. The highest BCUT2D eigenvalue weighted by Crippen LogP contribution is 2.16. The second kappa shape index (κ2) is 3.95. The summed E-state index contributed by atoms with van der Waals surface area (Å²) in [5, 5.41) is 0. The zero-order chi connectivity index (χ0) is 8.97. The predicted molar refractivity (Wildman–Crippen MR) is 49.2 cm³/mol. The minimum Gasteiger partial charge on any atom is -0.492 e. The Kier molecular flexibility index (Phi) is 2.91. The van der Waals surface area contributed by atoms with Crippen LogP contribution in [0, 0.1) is 6.92 Å². The summed E-state index contributed by atoms with van der Waals surface area (Å²) in [6.45, 7) is 4.69. The summed E-state index contributed by atoms with van der Waals surface area (Å²) >= 11 is 0. The van der Waals surface area contributed by atoms with Crippen LogP contribution in [0.2, 0.25) is 0 Å². The second-order valence-corrected chi connectivity index (χ2v) is 2.67. The molecule has 0 spiro atoms. The summed E-state index contributed by atoms with van der Waals surface area (Å²) in [5.41, 5.74) is 6.34. The number of aryl methyl sites for hydroxylation is 1. The smallest absolute Gasteiger partial charge is 0.140 e. The van der Waals surface area contributed by atoms with Gasteiger partial charge in [-0.15, -0.1) is 0 Å². The highest BCUT2D eigenvalue weighted by atomic mass is 16.5. The van der Waals surface area contributed by atoms with Crippen LogP contribution in [0.15, 0.2) is 12.1 Å². The van der Waals surface area contributed by atoms with Crippen LogP contribution in [0.3, 0.4) is 0 Å². The van der Waals surface area contributed by atoms with Crippen molar-refractivity contribution in [2.24, 2.45) is 0 Å². The molecule has 66 valence electrons. The fourth-order valence-electron chi connectivity index (χ4n) is 0.932. The first-order chi connectivity index (χ1) is 5.74. The van der Waals surface area contributed by atoms with E-state index >= 15 is 0 Å². The van der Waals surface area contributed by atoms with Crippen molar-refractivity contribution >= 4 is 5.82 Å². The van der Waals surface area contributed by atoms with Gasteiger partial charge in [-0.2, -0.15) is 0 Å². The molecule has 12 heavy (non-hydrogen) atoms. The molecule has 2 N–H and O–H groups in total. The topological polar surface area (TPSA) is 48.1 Å². The van der Waals surface area contributed by atoms with E-state index in [1.165, 1.54) is 0 Å². The van der Waals surface area contributed by atoms with Gasteiger partial charge in [-0.1, -0.05) is 6.92 Å². The van der Waals surface area contributed by atoms with Gasteiger partial charge in [0.2, 0.25) is 0 Å². The van der Waals surface area contributed by atoms with Crippen molar-refractivity contribution in [3.63, 3.8) is 0 Å². The molecule has 0 aliphatic carbocycles. The van der Waals surface area contributed by atoms with E-state index in [2.05, 4.69) is 11.9 Å². The van der Waals surface area contributed by atoms with E-state index in [-0.39, 0.29) is 0 Å². The van der Waals surface area contributed by atoms with Crippen LogP contribution in [-0.2, 0) is 0 Å². The van der Waals surface area contributed by atoms with Gasteiger partial charge < -0.3 is 10.5 Å². The molecule has 0 radical (unpaired) electrons. The number of anilines is 1. The molecular formula is C9H14N2O. The van der Waals surface area contributed by atoms with Gasteiger partial charge in [0.1, 0.15) is 11.6 Å². The molecule has 1 aromatic rings. The third kappa shape index (κ3) is 2.12. The van der Waals surface area contributed by atoms with Gasteiger partial charge in [-0.3, -0.25) is 0 Å². The van der Waals surface area contributed by atoms with Crippen molar-refractivity contribution < 1.29 is 4.74 Å². The lowest BCUT2D eigenvalue weighted by atomic mass is 10.3. The SMILES string of the molecule is CCCOc1ccc(N)nc1C. The molecule has 0 fully saturated rings. The van der Waals surface area contributed by atoms with E-state index in [1.54, 1.807) is 6.07 Å². The summed E-state index contributed by atoms with van der Waals surface area (Å²) in [6.07, 6.45) is 1.00. The fraction of sp³-hybridized carbons (Fsp3) is 0.444. The molecule has 0 amide bonds. The van der Waals surface area contributed by atoms with Crippen LogP contribution in [0.1, 0.15) is 19.0 Å². The first kappa shape index (κ1) is 8.84. The largest absolute Gasteiger partial charge is 0.492 e. The lowest BCUT2D eigenvalue weighted by molar-refractivity contribution is 0.314. The van der Waals surface area contributed by atoms with Gasteiger partial charge in [-0.05, 0) is 25.5 Å². The Hall–Kier alpha value is -1.25. The maximum atomic E-state index is 5.49. The number of nitrogens with two attached hydrogens (primary N) is 1. The molecule has 0 aliphatic rings. The molecule has 1 heterocycles. The third-order valence-corrected chi connectivity index (χ3v) is 1.52. The Morgan fingerprint density at radius 2 is 2.25 bits per heavy atom. The molecule has 0 aliphatic heterocycles. The minimum atomic E-state index is 0.538. The average Bonchev–Trinajstić information content (AvgIpc) is 2.03. The van der Waals surface area contributed by atoms with Gasteiger partial charge in [0.05, 0.1) is 12.3 Å². The number of ether oxygens (including phenoxy) is 1. The molecule has 3 heteroatoms. The first-order valence-corrected chi connectivity index (χ1v) is 4.10. The molecule has 0 unspecified atom stereocenters. The lowest BCUT2D eigenvalue weighted by Crippen LogP contribution is -1.99. The summed E-state index contributed by atoms with van der Waals surface area (Å²) in [7, 11) is 0. The standard InChI is InChI=1S/C9H14N2O/c1-3-6-12-8-4-5-9(10)11-7(8)2/h4-5H,3,6H2,1-2H3,(H2,10,11). The van der Waals surface area contributed by atoms with Gasteiger partial charge in [0.15, 0.2) is 0 Å². The van der Waals surface area contributed by atoms with Crippen LogP contribution in [0.25, 0.3) is 0 Å². The zero-order valence-electron chi connectivity index (χ0n) is 7.50. The summed E-state index contributed by atoms with van der Waals surface area (Å²) in [4.78, 5) is 4.08. The molecular weight excluding hydrogens is 152 g/mol. The van der Waals surface area contributed by atoms with E-state index in [1.807, 2.05) is 13.0 Å². The number of nitrogens with zero attached hydrogens (tertiary/aromatic N) is 1. The molecule has 0 saturated heterocycles. The van der Waals surface area contributed by atoms with Crippen LogP contribution < -0.4 is 10.5 Å². The van der Waals surface area contributed by atoms with E-state index in [0.717, 1.165) is 24.5 Å². The van der Waals surface area contributed by atoms with Crippen molar-refractivity contribution in [3.8, 4) is 5.75 Å². The molecule has 0 saturated carbocycles. The van der Waals surface area contributed by atoms with Crippen LogP contribution >= 0.6 is 0 Å². The maximum absolute atomic E-state index is 5.49. The quantitative estimate of drug-likeness (QED) is 0.744. The van der Waals surface area contributed by atoms with Gasteiger partial charge in [-0.25, -0.2) is 4.98 Å². The summed E-state index contributed by atoms with van der Waals surface area (Å²) in [6, 6.07) is 3.60. The third-order valence-electron chi connectivity index (χ3n) is 1.52. The number of hydrogen-bond donors (Lipinski definition) is 1. The molecule has 3 nitrogen and oxygen atoms in total. The Balaban J connectivity index is 2.72. The molecule has 0 bridgehead atoms. The number of rotatable bonds is 3. The van der Waals surface area contributed by atoms with Gasteiger partial charge in [0.25, 0.3) is 0 Å². The predicted octanol–water partition coefficient (Wildman–Crippen LogP) is 1.76. The first-order valence-electron chi connectivity index (χ1n) is 4.10. The van der Waals surface area contributed by atoms with Crippen molar-refractivity contribution in [2.75, 3.05) is 12.3 Å². The highest BCUT2D eigenvalue weighted by molar-refractivity contribution is 5.37. The fourth-order valence-corrected chi connectivity index (χ4v) is 0.932. The van der Waals surface area contributed by atoms with Crippen LogP contribution in [0.4, 0.5) is 5.82 Å². The van der Waals surface area contributed by atoms with Gasteiger partial charge in [0, 0.05) is 0 Å². The van der Waals surface area contributed by atoms with E-state index in [4.69, 9.17) is 10.5 Å². The average molecular weight is 166 g/mol. The van der Waals surface area contributed by atoms with Crippen LogP contribution in [0.5, 0.6) is 5.75 Å².